The summed E-state index contributed by atoms with van der Waals surface area (Å²) in [4.78, 5) is 25.2. The summed E-state index contributed by atoms with van der Waals surface area (Å²) in [6.45, 7) is 2.78. The Morgan fingerprint density at radius 2 is 2.11 bits per heavy atom. The van der Waals surface area contributed by atoms with E-state index in [4.69, 9.17) is 0 Å². The summed E-state index contributed by atoms with van der Waals surface area (Å²) in [6, 6.07) is 8.89. The number of ketones is 1. The van der Waals surface area contributed by atoms with Crippen molar-refractivity contribution >= 4 is 17.4 Å². The molecule has 2 aliphatic rings. The van der Waals surface area contributed by atoms with Crippen LogP contribution in [0.4, 0.5) is 5.69 Å². The number of aryl methyl sites for hydroxylation is 1. The lowest BCUT2D eigenvalue weighted by Crippen LogP contribution is -2.18. The number of nitrogens with one attached hydrogen (secondary N) is 1. The molecule has 28 heavy (non-hydrogen) atoms. The normalized spacial score (nSPS) is 21.7. The molecule has 0 spiro atoms. The van der Waals surface area contributed by atoms with Crippen molar-refractivity contribution in [2.45, 2.75) is 51.5 Å². The summed E-state index contributed by atoms with van der Waals surface area (Å²) < 4.78 is 1.93. The monoisotopic (exact) mass is 377 g/mol. The molecule has 0 saturated heterocycles. The maximum Gasteiger partial charge on any atom is 0.227 e. The number of hydrogen-bond donors (Lipinski definition) is 1. The van der Waals surface area contributed by atoms with Gasteiger partial charge in [-0.1, -0.05) is 25.5 Å². The van der Waals surface area contributed by atoms with Gasteiger partial charge in [-0.3, -0.25) is 9.59 Å². The maximum atomic E-state index is 13.1. The van der Waals surface area contributed by atoms with Gasteiger partial charge in [0.15, 0.2) is 17.5 Å². The van der Waals surface area contributed by atoms with Crippen molar-refractivity contribution in [3.05, 3.63) is 41.5 Å². The van der Waals surface area contributed by atoms with Gasteiger partial charge in [-0.25, -0.2) is 0 Å². The number of benzene rings is 1. The molecule has 1 aliphatic carbocycles. The van der Waals surface area contributed by atoms with Crippen molar-refractivity contribution < 1.29 is 9.59 Å². The van der Waals surface area contributed by atoms with Gasteiger partial charge in [0.25, 0.3) is 0 Å². The maximum absolute atomic E-state index is 13.1. The minimum absolute atomic E-state index is 0.0169. The fourth-order valence-corrected chi connectivity index (χ4v) is 3.79. The third-order valence-corrected chi connectivity index (χ3v) is 5.65. The summed E-state index contributed by atoms with van der Waals surface area (Å²) in [5.74, 6) is 0.391. The number of amides is 1. The van der Waals surface area contributed by atoms with E-state index < -0.39 is 5.92 Å². The Bertz CT molecular complexity index is 958. The van der Waals surface area contributed by atoms with Crippen molar-refractivity contribution in [2.24, 2.45) is 11.8 Å². The fourth-order valence-electron chi connectivity index (χ4n) is 3.79. The molecule has 2 aromatic rings. The summed E-state index contributed by atoms with van der Waals surface area (Å²) in [5.41, 5.74) is 0.964. The van der Waals surface area contributed by atoms with E-state index in [1.165, 1.54) is 0 Å². The highest BCUT2D eigenvalue weighted by molar-refractivity contribution is 6.03. The average Bonchev–Trinajstić information content (AvgIpc) is 3.38. The SMILES string of the molecule is CC1CC1C(=O)Nc1cccc(C(=O)C(C#N)c2nnc3n2CCCCC3)c1. The molecular formula is C21H23N5O2. The molecule has 1 aliphatic heterocycles. The van der Waals surface area contributed by atoms with Gasteiger partial charge in [0.2, 0.25) is 5.91 Å². The second-order valence-corrected chi connectivity index (χ2v) is 7.75. The highest BCUT2D eigenvalue weighted by atomic mass is 16.2. The van der Waals surface area contributed by atoms with Gasteiger partial charge in [0.1, 0.15) is 5.82 Å². The Labute approximate surface area is 163 Å². The first-order valence-corrected chi connectivity index (χ1v) is 9.85. The minimum atomic E-state index is -1.01. The molecule has 0 radical (unpaired) electrons. The predicted molar refractivity (Wildman–Crippen MR) is 103 cm³/mol. The van der Waals surface area contributed by atoms with Gasteiger partial charge in [0.05, 0.1) is 6.07 Å². The Kier molecular flexibility index (Phi) is 4.95. The zero-order valence-corrected chi connectivity index (χ0v) is 15.9. The summed E-state index contributed by atoms with van der Waals surface area (Å²) in [6.07, 6.45) is 4.87. The van der Waals surface area contributed by atoms with E-state index in [0.29, 0.717) is 23.0 Å². The number of nitriles is 1. The topological polar surface area (TPSA) is 101 Å². The van der Waals surface area contributed by atoms with E-state index in [2.05, 4.69) is 21.6 Å². The van der Waals surface area contributed by atoms with Crippen LogP contribution in [-0.4, -0.2) is 26.5 Å². The van der Waals surface area contributed by atoms with E-state index in [1.54, 1.807) is 24.3 Å². The fraction of sp³-hybridized carbons (Fsp3) is 0.476. The Hall–Kier alpha value is -3.01. The number of aromatic nitrogens is 3. The lowest BCUT2D eigenvalue weighted by Gasteiger charge is -2.12. The van der Waals surface area contributed by atoms with Crippen LogP contribution in [0.2, 0.25) is 0 Å². The van der Waals surface area contributed by atoms with E-state index in [0.717, 1.165) is 44.5 Å². The van der Waals surface area contributed by atoms with Gasteiger partial charge in [0, 0.05) is 30.1 Å². The molecule has 7 heteroatoms. The predicted octanol–water partition coefficient (Wildman–Crippen LogP) is 3.09. The van der Waals surface area contributed by atoms with Crippen molar-refractivity contribution in [2.75, 3.05) is 5.32 Å². The molecule has 144 valence electrons. The molecule has 2 heterocycles. The van der Waals surface area contributed by atoms with Gasteiger partial charge < -0.3 is 9.88 Å². The molecular weight excluding hydrogens is 354 g/mol. The van der Waals surface area contributed by atoms with Crippen LogP contribution < -0.4 is 5.32 Å². The molecule has 1 amide bonds. The molecule has 4 rings (SSSR count). The van der Waals surface area contributed by atoms with Crippen molar-refractivity contribution in [1.82, 2.24) is 14.8 Å². The van der Waals surface area contributed by atoms with Gasteiger partial charge >= 0.3 is 0 Å². The third kappa shape index (κ3) is 3.55. The van der Waals surface area contributed by atoms with Gasteiger partial charge in [-0.15, -0.1) is 10.2 Å². The highest BCUT2D eigenvalue weighted by Crippen LogP contribution is 2.38. The highest BCUT2D eigenvalue weighted by Gasteiger charge is 2.39. The molecule has 1 aromatic heterocycles. The molecule has 1 fully saturated rings. The lowest BCUT2D eigenvalue weighted by molar-refractivity contribution is -0.117. The quantitative estimate of drug-likeness (QED) is 0.807. The number of rotatable bonds is 5. The number of nitrogens with zero attached hydrogens (tertiary/aromatic N) is 4. The van der Waals surface area contributed by atoms with Gasteiger partial charge in [-0.05, 0) is 37.3 Å². The van der Waals surface area contributed by atoms with Crippen LogP contribution in [0.15, 0.2) is 24.3 Å². The molecule has 7 nitrogen and oxygen atoms in total. The Balaban J connectivity index is 1.56. The second kappa shape index (κ2) is 7.55. The number of anilines is 1. The van der Waals surface area contributed by atoms with Crippen LogP contribution >= 0.6 is 0 Å². The van der Waals surface area contributed by atoms with E-state index in [1.807, 2.05) is 11.5 Å². The number of hydrogen-bond acceptors (Lipinski definition) is 5. The van der Waals surface area contributed by atoms with Crippen LogP contribution in [0.3, 0.4) is 0 Å². The van der Waals surface area contributed by atoms with Crippen LogP contribution in [0.1, 0.15) is 60.5 Å². The average molecular weight is 377 g/mol. The van der Waals surface area contributed by atoms with Crippen LogP contribution in [0.5, 0.6) is 0 Å². The Morgan fingerprint density at radius 3 is 2.86 bits per heavy atom. The van der Waals surface area contributed by atoms with Crippen molar-refractivity contribution in [1.29, 1.82) is 5.26 Å². The van der Waals surface area contributed by atoms with Crippen molar-refractivity contribution in [3.63, 3.8) is 0 Å². The first-order chi connectivity index (χ1) is 13.6. The summed E-state index contributed by atoms with van der Waals surface area (Å²) in [7, 11) is 0. The van der Waals surface area contributed by atoms with Gasteiger partial charge in [-0.2, -0.15) is 5.26 Å². The first kappa shape index (κ1) is 18.4. The number of fused-ring (bicyclic) bond motifs is 1. The molecule has 1 saturated carbocycles. The molecule has 3 unspecified atom stereocenters. The zero-order valence-electron chi connectivity index (χ0n) is 15.9. The molecule has 3 atom stereocenters. The largest absolute Gasteiger partial charge is 0.326 e. The van der Waals surface area contributed by atoms with Crippen LogP contribution in [0, 0.1) is 23.2 Å². The van der Waals surface area contributed by atoms with Crippen LogP contribution in [0.25, 0.3) is 0 Å². The number of Topliss-reactive ketones (excluding diaryl/α,β-unsaturated/α-hetero) is 1. The molecule has 1 aromatic carbocycles. The van der Waals surface area contributed by atoms with E-state index in [-0.39, 0.29) is 17.6 Å². The zero-order chi connectivity index (χ0) is 19.7. The first-order valence-electron chi connectivity index (χ1n) is 9.85. The summed E-state index contributed by atoms with van der Waals surface area (Å²) >= 11 is 0. The number of carbonyl (C=O) groups excluding carboxylic acids is 2. The molecule has 0 bridgehead atoms. The van der Waals surface area contributed by atoms with Crippen LogP contribution in [-0.2, 0) is 17.8 Å². The number of carbonyl (C=O) groups is 2. The Morgan fingerprint density at radius 1 is 1.29 bits per heavy atom. The standard InChI is InChI=1S/C21H23N5O2/c1-13-10-16(13)21(28)23-15-7-5-6-14(11-15)19(27)17(12-22)20-25-24-18-8-3-2-4-9-26(18)20/h5-7,11,13,16-17H,2-4,8-10H2,1H3,(H,23,28). The van der Waals surface area contributed by atoms with Crippen molar-refractivity contribution in [3.8, 4) is 6.07 Å². The molecule has 1 N–H and O–H groups in total. The lowest BCUT2D eigenvalue weighted by atomic mass is 9.97. The smallest absolute Gasteiger partial charge is 0.227 e. The second-order valence-electron chi connectivity index (χ2n) is 7.75. The van der Waals surface area contributed by atoms with E-state index in [9.17, 15) is 14.9 Å². The third-order valence-electron chi connectivity index (χ3n) is 5.65. The summed E-state index contributed by atoms with van der Waals surface area (Å²) in [5, 5.41) is 20.9. The van der Waals surface area contributed by atoms with E-state index >= 15 is 0 Å². The minimum Gasteiger partial charge on any atom is -0.326 e.